The molecule has 0 aliphatic rings. The molecule has 3 nitrogen and oxygen atoms in total. The van der Waals surface area contributed by atoms with Crippen LogP contribution in [0.4, 0.5) is 0 Å². The van der Waals surface area contributed by atoms with E-state index < -0.39 is 0 Å². The first kappa shape index (κ1) is 12.2. The van der Waals surface area contributed by atoms with Gasteiger partial charge in [0.2, 0.25) is 0 Å². The summed E-state index contributed by atoms with van der Waals surface area (Å²) in [7, 11) is 2.02. The average Bonchev–Trinajstić information content (AvgIpc) is 2.44. The highest BCUT2D eigenvalue weighted by Gasteiger charge is 2.16. The van der Waals surface area contributed by atoms with Crippen LogP contribution < -0.4 is 5.32 Å². The predicted molar refractivity (Wildman–Crippen MR) is 63.8 cm³/mol. The monoisotopic (exact) mass is 209 g/mol. The summed E-state index contributed by atoms with van der Waals surface area (Å²) in [5.41, 5.74) is 2.39. The summed E-state index contributed by atoms with van der Waals surface area (Å²) < 4.78 is 1.99. The minimum Gasteiger partial charge on any atom is -0.309 e. The average molecular weight is 209 g/mol. The van der Waals surface area contributed by atoms with Crippen molar-refractivity contribution < 1.29 is 0 Å². The molecule has 0 amide bonds. The Morgan fingerprint density at radius 3 is 2.53 bits per heavy atom. The molecule has 0 fully saturated rings. The molecule has 15 heavy (non-hydrogen) atoms. The van der Waals surface area contributed by atoms with Gasteiger partial charge in [-0.15, -0.1) is 0 Å². The van der Waals surface area contributed by atoms with Crippen molar-refractivity contribution in [2.24, 2.45) is 13.0 Å². The van der Waals surface area contributed by atoms with Crippen molar-refractivity contribution in [3.8, 4) is 0 Å². The molecule has 1 unspecified atom stereocenters. The SMILES string of the molecule is CCNC(CC(C)C)c1cc(C)nn1C. The topological polar surface area (TPSA) is 29.9 Å². The highest BCUT2D eigenvalue weighted by Crippen LogP contribution is 2.21. The molecule has 1 N–H and O–H groups in total. The van der Waals surface area contributed by atoms with Gasteiger partial charge < -0.3 is 5.32 Å². The molecule has 3 heteroatoms. The standard InChI is InChI=1S/C12H23N3/c1-6-13-11(7-9(2)3)12-8-10(4)14-15(12)5/h8-9,11,13H,6-7H2,1-5H3. The molecule has 0 saturated heterocycles. The van der Waals surface area contributed by atoms with Gasteiger partial charge in [0.05, 0.1) is 11.4 Å². The van der Waals surface area contributed by atoms with Crippen LogP contribution in [0, 0.1) is 12.8 Å². The summed E-state index contributed by atoms with van der Waals surface area (Å²) in [5.74, 6) is 0.698. The summed E-state index contributed by atoms with van der Waals surface area (Å²) in [6.45, 7) is 9.71. The van der Waals surface area contributed by atoms with Crippen LogP contribution >= 0.6 is 0 Å². The quantitative estimate of drug-likeness (QED) is 0.807. The summed E-state index contributed by atoms with van der Waals surface area (Å²) in [4.78, 5) is 0. The van der Waals surface area contributed by atoms with E-state index >= 15 is 0 Å². The molecule has 0 aliphatic heterocycles. The fraction of sp³-hybridized carbons (Fsp3) is 0.750. The Bertz CT molecular complexity index is 302. The number of hydrogen-bond acceptors (Lipinski definition) is 2. The number of aromatic nitrogens is 2. The second kappa shape index (κ2) is 5.31. The lowest BCUT2D eigenvalue weighted by Gasteiger charge is -2.19. The van der Waals surface area contributed by atoms with E-state index in [9.17, 15) is 0 Å². The molecular formula is C12H23N3. The summed E-state index contributed by atoms with van der Waals surface area (Å²) in [6, 6.07) is 2.61. The van der Waals surface area contributed by atoms with Crippen LogP contribution in [0.5, 0.6) is 0 Å². The molecule has 0 aromatic carbocycles. The van der Waals surface area contributed by atoms with E-state index in [4.69, 9.17) is 0 Å². The molecule has 0 aliphatic carbocycles. The smallest absolute Gasteiger partial charge is 0.0597 e. The molecule has 1 rings (SSSR count). The maximum Gasteiger partial charge on any atom is 0.0597 e. The van der Waals surface area contributed by atoms with Gasteiger partial charge in [0.1, 0.15) is 0 Å². The van der Waals surface area contributed by atoms with Gasteiger partial charge >= 0.3 is 0 Å². The maximum absolute atomic E-state index is 4.40. The maximum atomic E-state index is 4.40. The van der Waals surface area contributed by atoms with E-state index in [0.29, 0.717) is 12.0 Å². The largest absolute Gasteiger partial charge is 0.309 e. The number of nitrogens with one attached hydrogen (secondary N) is 1. The van der Waals surface area contributed by atoms with Crippen molar-refractivity contribution in [2.45, 2.75) is 40.2 Å². The first-order chi connectivity index (χ1) is 7.04. The number of rotatable bonds is 5. The van der Waals surface area contributed by atoms with E-state index in [1.54, 1.807) is 0 Å². The zero-order valence-corrected chi connectivity index (χ0v) is 10.5. The first-order valence-electron chi connectivity index (χ1n) is 5.78. The zero-order valence-electron chi connectivity index (χ0n) is 10.5. The fourth-order valence-corrected chi connectivity index (χ4v) is 1.98. The van der Waals surface area contributed by atoms with Crippen molar-refractivity contribution in [3.05, 3.63) is 17.5 Å². The van der Waals surface area contributed by atoms with Crippen molar-refractivity contribution >= 4 is 0 Å². The predicted octanol–water partition coefficient (Wildman–Crippen LogP) is 2.43. The van der Waals surface area contributed by atoms with Gasteiger partial charge in [-0.05, 0) is 31.9 Å². The van der Waals surface area contributed by atoms with Gasteiger partial charge in [-0.25, -0.2) is 0 Å². The normalized spacial score (nSPS) is 13.5. The van der Waals surface area contributed by atoms with Gasteiger partial charge in [0.15, 0.2) is 0 Å². The van der Waals surface area contributed by atoms with Crippen LogP contribution in [-0.4, -0.2) is 16.3 Å². The third-order valence-corrected chi connectivity index (χ3v) is 2.55. The van der Waals surface area contributed by atoms with Gasteiger partial charge in [-0.1, -0.05) is 20.8 Å². The van der Waals surface area contributed by atoms with Crippen LogP contribution in [0.25, 0.3) is 0 Å². The number of nitrogens with zero attached hydrogens (tertiary/aromatic N) is 2. The molecule has 1 aromatic heterocycles. The summed E-state index contributed by atoms with van der Waals surface area (Å²) >= 11 is 0. The van der Waals surface area contributed by atoms with Crippen molar-refractivity contribution in [1.82, 2.24) is 15.1 Å². The third-order valence-electron chi connectivity index (χ3n) is 2.55. The van der Waals surface area contributed by atoms with Crippen LogP contribution in [0.1, 0.15) is 44.6 Å². The Morgan fingerprint density at radius 2 is 2.13 bits per heavy atom. The number of hydrogen-bond donors (Lipinski definition) is 1. The van der Waals surface area contributed by atoms with Crippen LogP contribution in [0.15, 0.2) is 6.07 Å². The first-order valence-corrected chi connectivity index (χ1v) is 5.78. The van der Waals surface area contributed by atoms with E-state index in [-0.39, 0.29) is 0 Å². The van der Waals surface area contributed by atoms with Gasteiger partial charge in [-0.3, -0.25) is 4.68 Å². The Hall–Kier alpha value is -0.830. The lowest BCUT2D eigenvalue weighted by molar-refractivity contribution is 0.417. The summed E-state index contributed by atoms with van der Waals surface area (Å²) in [6.07, 6.45) is 1.16. The van der Waals surface area contributed by atoms with E-state index in [0.717, 1.165) is 18.7 Å². The molecule has 1 atom stereocenters. The van der Waals surface area contributed by atoms with Gasteiger partial charge in [-0.2, -0.15) is 5.10 Å². The van der Waals surface area contributed by atoms with Gasteiger partial charge in [0.25, 0.3) is 0 Å². The van der Waals surface area contributed by atoms with Crippen molar-refractivity contribution in [1.29, 1.82) is 0 Å². The lowest BCUT2D eigenvalue weighted by atomic mass is 10.0. The Kier molecular flexibility index (Phi) is 4.33. The summed E-state index contributed by atoms with van der Waals surface area (Å²) in [5, 5.41) is 7.92. The highest BCUT2D eigenvalue weighted by atomic mass is 15.3. The molecule has 0 radical (unpaired) electrons. The van der Waals surface area contributed by atoms with Crippen LogP contribution in [0.2, 0.25) is 0 Å². The molecule has 0 bridgehead atoms. The second-order valence-corrected chi connectivity index (χ2v) is 4.57. The van der Waals surface area contributed by atoms with E-state index in [2.05, 4.69) is 37.3 Å². The van der Waals surface area contributed by atoms with E-state index in [1.807, 2.05) is 18.7 Å². The number of aryl methyl sites for hydroxylation is 2. The molecule has 86 valence electrons. The Labute approximate surface area is 92.9 Å². The third kappa shape index (κ3) is 3.34. The molecule has 1 heterocycles. The highest BCUT2D eigenvalue weighted by molar-refractivity contribution is 5.13. The molecule has 1 aromatic rings. The molecule has 0 saturated carbocycles. The molecular weight excluding hydrogens is 186 g/mol. The van der Waals surface area contributed by atoms with Crippen LogP contribution in [0.3, 0.4) is 0 Å². The minimum absolute atomic E-state index is 0.432. The van der Waals surface area contributed by atoms with E-state index in [1.165, 1.54) is 5.69 Å². The Morgan fingerprint density at radius 1 is 1.47 bits per heavy atom. The lowest BCUT2D eigenvalue weighted by Crippen LogP contribution is -2.24. The zero-order chi connectivity index (χ0) is 11.4. The Balaban J connectivity index is 2.83. The fourth-order valence-electron chi connectivity index (χ4n) is 1.98. The van der Waals surface area contributed by atoms with Gasteiger partial charge in [0, 0.05) is 13.1 Å². The van der Waals surface area contributed by atoms with Crippen LogP contribution in [-0.2, 0) is 7.05 Å². The minimum atomic E-state index is 0.432. The second-order valence-electron chi connectivity index (χ2n) is 4.57. The molecule has 0 spiro atoms. The van der Waals surface area contributed by atoms with Crippen molar-refractivity contribution in [3.63, 3.8) is 0 Å². The van der Waals surface area contributed by atoms with Crippen molar-refractivity contribution in [2.75, 3.05) is 6.54 Å².